The SMILES string of the molecule is CC1C(C)(C)C1(Cl)Br. The van der Waals surface area contributed by atoms with Gasteiger partial charge in [0.15, 0.2) is 0 Å². The van der Waals surface area contributed by atoms with Gasteiger partial charge in [-0.3, -0.25) is 0 Å². The highest BCUT2D eigenvalue weighted by atomic mass is 79.9. The molecule has 0 radical (unpaired) electrons. The summed E-state index contributed by atoms with van der Waals surface area (Å²) in [5.74, 6) is 0.594. The summed E-state index contributed by atoms with van der Waals surface area (Å²) in [5.41, 5.74) is 0.286. The number of hydrogen-bond donors (Lipinski definition) is 0. The first-order valence-electron chi connectivity index (χ1n) is 2.78. The van der Waals surface area contributed by atoms with Crippen LogP contribution in [0.1, 0.15) is 20.8 Å². The van der Waals surface area contributed by atoms with Crippen molar-refractivity contribution in [2.45, 2.75) is 24.6 Å². The van der Waals surface area contributed by atoms with Gasteiger partial charge in [0.25, 0.3) is 0 Å². The molecular weight excluding hydrogens is 187 g/mol. The highest BCUT2D eigenvalue weighted by Gasteiger charge is 2.66. The quantitative estimate of drug-likeness (QED) is 0.524. The van der Waals surface area contributed by atoms with E-state index in [-0.39, 0.29) is 9.20 Å². The highest BCUT2D eigenvalue weighted by Crippen LogP contribution is 2.69. The molecular formula is C6H10BrCl. The molecule has 0 aromatic heterocycles. The van der Waals surface area contributed by atoms with Crippen molar-refractivity contribution in [3.05, 3.63) is 0 Å². The monoisotopic (exact) mass is 196 g/mol. The predicted octanol–water partition coefficient (Wildman–Crippen LogP) is 2.99. The first-order chi connectivity index (χ1) is 3.40. The van der Waals surface area contributed by atoms with Gasteiger partial charge in [-0.05, 0) is 11.3 Å². The minimum atomic E-state index is -0.111. The van der Waals surface area contributed by atoms with Gasteiger partial charge in [-0.25, -0.2) is 0 Å². The van der Waals surface area contributed by atoms with E-state index in [4.69, 9.17) is 11.6 Å². The average molecular weight is 198 g/mol. The van der Waals surface area contributed by atoms with E-state index in [1.165, 1.54) is 0 Å². The molecule has 0 spiro atoms. The maximum Gasteiger partial charge on any atom is 0.108 e. The molecule has 0 nitrogen and oxygen atoms in total. The minimum Gasteiger partial charge on any atom is -0.106 e. The fraction of sp³-hybridized carbons (Fsp3) is 1.00. The molecule has 8 heavy (non-hydrogen) atoms. The molecule has 1 fully saturated rings. The Balaban J connectivity index is 2.72. The number of hydrogen-bond acceptors (Lipinski definition) is 0. The van der Waals surface area contributed by atoms with Crippen LogP contribution in [0.2, 0.25) is 0 Å². The first-order valence-corrected chi connectivity index (χ1v) is 3.95. The van der Waals surface area contributed by atoms with Crippen molar-refractivity contribution in [1.82, 2.24) is 0 Å². The smallest absolute Gasteiger partial charge is 0.106 e. The van der Waals surface area contributed by atoms with Crippen LogP contribution in [0.4, 0.5) is 0 Å². The zero-order chi connectivity index (χ0) is 6.58. The third kappa shape index (κ3) is 0.577. The fourth-order valence-electron chi connectivity index (χ4n) is 0.898. The van der Waals surface area contributed by atoms with Crippen molar-refractivity contribution < 1.29 is 0 Å². The summed E-state index contributed by atoms with van der Waals surface area (Å²) in [5, 5.41) is 0. The Hall–Kier alpha value is 0.770. The van der Waals surface area contributed by atoms with E-state index in [1.807, 2.05) is 0 Å². The number of halogens is 2. The Labute approximate surface area is 63.7 Å². The van der Waals surface area contributed by atoms with E-state index >= 15 is 0 Å². The molecule has 0 amide bonds. The average Bonchev–Trinajstić information content (AvgIpc) is 1.88. The predicted molar refractivity (Wildman–Crippen MR) is 40.5 cm³/mol. The van der Waals surface area contributed by atoms with Crippen LogP contribution in [-0.2, 0) is 0 Å². The summed E-state index contributed by atoms with van der Waals surface area (Å²) in [7, 11) is 0. The van der Waals surface area contributed by atoms with E-state index in [1.54, 1.807) is 0 Å². The van der Waals surface area contributed by atoms with E-state index in [9.17, 15) is 0 Å². The lowest BCUT2D eigenvalue weighted by Crippen LogP contribution is -1.95. The molecule has 2 heteroatoms. The molecule has 0 heterocycles. The lowest BCUT2D eigenvalue weighted by atomic mass is 10.1. The third-order valence-electron chi connectivity index (χ3n) is 2.40. The topological polar surface area (TPSA) is 0 Å². The summed E-state index contributed by atoms with van der Waals surface area (Å²) >= 11 is 9.44. The Morgan fingerprint density at radius 3 is 1.62 bits per heavy atom. The molecule has 1 aliphatic carbocycles. The van der Waals surface area contributed by atoms with Gasteiger partial charge < -0.3 is 0 Å². The lowest BCUT2D eigenvalue weighted by Gasteiger charge is -1.99. The summed E-state index contributed by atoms with van der Waals surface area (Å²) in [6.07, 6.45) is 0. The maximum atomic E-state index is 6.00. The molecule has 0 aromatic rings. The van der Waals surface area contributed by atoms with Crippen molar-refractivity contribution in [1.29, 1.82) is 0 Å². The van der Waals surface area contributed by atoms with Crippen LogP contribution < -0.4 is 0 Å². The van der Waals surface area contributed by atoms with Gasteiger partial charge >= 0.3 is 0 Å². The molecule has 0 aliphatic heterocycles. The van der Waals surface area contributed by atoms with Gasteiger partial charge in [0.2, 0.25) is 0 Å². The minimum absolute atomic E-state index is 0.111. The first kappa shape index (κ1) is 6.88. The second-order valence-electron chi connectivity index (χ2n) is 3.07. The van der Waals surface area contributed by atoms with E-state index in [0.29, 0.717) is 5.92 Å². The summed E-state index contributed by atoms with van der Waals surface area (Å²) in [6, 6.07) is 0. The molecule has 2 atom stereocenters. The van der Waals surface area contributed by atoms with Crippen molar-refractivity contribution in [3.63, 3.8) is 0 Å². The van der Waals surface area contributed by atoms with Gasteiger partial charge in [0.1, 0.15) is 3.78 Å². The van der Waals surface area contributed by atoms with Gasteiger partial charge in [-0.2, -0.15) is 0 Å². The van der Waals surface area contributed by atoms with Gasteiger partial charge in [0.05, 0.1) is 0 Å². The molecule has 1 aliphatic rings. The van der Waals surface area contributed by atoms with Crippen LogP contribution in [0.3, 0.4) is 0 Å². The van der Waals surface area contributed by atoms with Crippen LogP contribution in [0.15, 0.2) is 0 Å². The Morgan fingerprint density at radius 1 is 1.50 bits per heavy atom. The van der Waals surface area contributed by atoms with Crippen LogP contribution in [-0.4, -0.2) is 3.78 Å². The number of alkyl halides is 2. The highest BCUT2D eigenvalue weighted by molar-refractivity contribution is 9.10. The Morgan fingerprint density at radius 2 is 1.62 bits per heavy atom. The van der Waals surface area contributed by atoms with Crippen LogP contribution in [0.25, 0.3) is 0 Å². The normalized spacial score (nSPS) is 51.4. The summed E-state index contributed by atoms with van der Waals surface area (Å²) in [6.45, 7) is 6.49. The Bertz CT molecular complexity index is 104. The van der Waals surface area contributed by atoms with Gasteiger partial charge in [-0.1, -0.05) is 36.7 Å². The fourth-order valence-corrected chi connectivity index (χ4v) is 2.08. The molecule has 0 bridgehead atoms. The molecule has 1 rings (SSSR count). The molecule has 0 aromatic carbocycles. The van der Waals surface area contributed by atoms with Crippen LogP contribution >= 0.6 is 27.5 Å². The summed E-state index contributed by atoms with van der Waals surface area (Å²) in [4.78, 5) is 0. The van der Waals surface area contributed by atoms with E-state index in [2.05, 4.69) is 36.7 Å². The number of rotatable bonds is 0. The Kier molecular flexibility index (Phi) is 1.23. The maximum absolute atomic E-state index is 6.00. The summed E-state index contributed by atoms with van der Waals surface area (Å²) < 4.78 is -0.111. The van der Waals surface area contributed by atoms with Crippen LogP contribution in [0, 0.1) is 11.3 Å². The van der Waals surface area contributed by atoms with E-state index < -0.39 is 0 Å². The zero-order valence-corrected chi connectivity index (χ0v) is 7.68. The standard InChI is InChI=1S/C6H10BrCl/c1-4-5(2,3)6(4,7)8/h4H,1-3H3. The second-order valence-corrected chi connectivity index (χ2v) is 5.37. The molecule has 48 valence electrons. The van der Waals surface area contributed by atoms with Crippen molar-refractivity contribution in [2.24, 2.45) is 11.3 Å². The molecule has 0 saturated heterocycles. The molecule has 2 unspecified atom stereocenters. The largest absolute Gasteiger partial charge is 0.108 e. The van der Waals surface area contributed by atoms with Crippen molar-refractivity contribution in [2.75, 3.05) is 0 Å². The second kappa shape index (κ2) is 1.43. The van der Waals surface area contributed by atoms with Crippen molar-refractivity contribution in [3.8, 4) is 0 Å². The van der Waals surface area contributed by atoms with Gasteiger partial charge in [-0.15, -0.1) is 11.6 Å². The van der Waals surface area contributed by atoms with E-state index in [0.717, 1.165) is 0 Å². The van der Waals surface area contributed by atoms with Gasteiger partial charge in [0, 0.05) is 0 Å². The molecule has 1 saturated carbocycles. The van der Waals surface area contributed by atoms with Crippen molar-refractivity contribution >= 4 is 27.5 Å². The lowest BCUT2D eigenvalue weighted by molar-refractivity contribution is 0.584. The van der Waals surface area contributed by atoms with Crippen LogP contribution in [0.5, 0.6) is 0 Å². The zero-order valence-electron chi connectivity index (χ0n) is 5.33. The third-order valence-corrected chi connectivity index (χ3v) is 4.93. The molecule has 0 N–H and O–H groups in total.